The van der Waals surface area contributed by atoms with E-state index in [2.05, 4.69) is 20.9 Å². The molecule has 0 fully saturated rings. The monoisotopic (exact) mass is 315 g/mol. The molecule has 1 aromatic carbocycles. The van der Waals surface area contributed by atoms with E-state index in [1.807, 2.05) is 12.3 Å². The van der Waals surface area contributed by atoms with Gasteiger partial charge in [0, 0.05) is 17.5 Å². The number of aliphatic hydroxyl groups excluding tert-OH is 1. The largest absolute Gasteiger partial charge is 0.388 e. The Morgan fingerprint density at radius 1 is 1.53 bits per heavy atom. The molecule has 0 saturated carbocycles. The van der Waals surface area contributed by atoms with Gasteiger partial charge in [-0.2, -0.15) is 0 Å². The van der Waals surface area contributed by atoms with Crippen LogP contribution in [0.15, 0.2) is 28.1 Å². The van der Waals surface area contributed by atoms with Crippen LogP contribution in [0, 0.1) is 12.7 Å². The van der Waals surface area contributed by atoms with Crippen molar-refractivity contribution < 1.29 is 9.50 Å². The minimum Gasteiger partial charge on any atom is -0.388 e. The SMILES string of the molecule is Cc1csc(CC(O)c2ccc(F)c(Br)c2)n1. The van der Waals surface area contributed by atoms with Crippen LogP contribution in [0.25, 0.3) is 0 Å². The van der Waals surface area contributed by atoms with Gasteiger partial charge in [-0.15, -0.1) is 11.3 Å². The van der Waals surface area contributed by atoms with Gasteiger partial charge in [-0.25, -0.2) is 9.37 Å². The number of aryl methyl sites for hydroxylation is 1. The molecule has 0 aliphatic rings. The fraction of sp³-hybridized carbons (Fsp3) is 0.250. The van der Waals surface area contributed by atoms with Gasteiger partial charge in [0.05, 0.1) is 15.6 Å². The Balaban J connectivity index is 2.14. The van der Waals surface area contributed by atoms with E-state index in [4.69, 9.17) is 0 Å². The summed E-state index contributed by atoms with van der Waals surface area (Å²) >= 11 is 4.63. The van der Waals surface area contributed by atoms with Crippen LogP contribution in [0.4, 0.5) is 4.39 Å². The second kappa shape index (κ2) is 5.25. The molecular weight excluding hydrogens is 305 g/mol. The quantitative estimate of drug-likeness (QED) is 0.938. The minimum atomic E-state index is -0.655. The van der Waals surface area contributed by atoms with Crippen molar-refractivity contribution in [3.63, 3.8) is 0 Å². The molecule has 2 aromatic rings. The summed E-state index contributed by atoms with van der Waals surface area (Å²) in [5.41, 5.74) is 1.64. The molecule has 1 atom stereocenters. The lowest BCUT2D eigenvalue weighted by molar-refractivity contribution is 0.178. The number of benzene rings is 1. The third-order valence-corrected chi connectivity index (χ3v) is 3.96. The highest BCUT2D eigenvalue weighted by molar-refractivity contribution is 9.10. The van der Waals surface area contributed by atoms with Crippen molar-refractivity contribution in [3.8, 4) is 0 Å². The lowest BCUT2D eigenvalue weighted by atomic mass is 10.1. The second-order valence-corrected chi connectivity index (χ2v) is 5.57. The minimum absolute atomic E-state index is 0.328. The molecule has 0 bridgehead atoms. The normalized spacial score (nSPS) is 12.7. The predicted octanol–water partition coefficient (Wildman–Crippen LogP) is 3.63. The van der Waals surface area contributed by atoms with Gasteiger partial charge < -0.3 is 5.11 Å². The molecule has 2 nitrogen and oxygen atoms in total. The Bertz CT molecular complexity index is 529. The molecule has 1 aromatic heterocycles. The Labute approximate surface area is 111 Å². The second-order valence-electron chi connectivity index (χ2n) is 3.78. The third kappa shape index (κ3) is 3.12. The number of hydrogen-bond donors (Lipinski definition) is 1. The summed E-state index contributed by atoms with van der Waals surface area (Å²) in [6.45, 7) is 1.92. The van der Waals surface area contributed by atoms with Crippen molar-refractivity contribution in [3.05, 3.63) is 50.1 Å². The van der Waals surface area contributed by atoms with Gasteiger partial charge >= 0.3 is 0 Å². The molecule has 17 heavy (non-hydrogen) atoms. The summed E-state index contributed by atoms with van der Waals surface area (Å²) in [4.78, 5) is 4.29. The van der Waals surface area contributed by atoms with Crippen molar-refractivity contribution in [2.24, 2.45) is 0 Å². The van der Waals surface area contributed by atoms with Crippen LogP contribution >= 0.6 is 27.3 Å². The average molecular weight is 316 g/mol. The van der Waals surface area contributed by atoms with Crippen LogP contribution in [0.1, 0.15) is 22.4 Å². The summed E-state index contributed by atoms with van der Waals surface area (Å²) in [5.74, 6) is -0.328. The molecule has 0 aliphatic heterocycles. The van der Waals surface area contributed by atoms with Gasteiger partial charge in [0.1, 0.15) is 5.82 Å². The maximum absolute atomic E-state index is 13.1. The number of rotatable bonds is 3. The van der Waals surface area contributed by atoms with E-state index in [1.54, 1.807) is 12.1 Å². The van der Waals surface area contributed by atoms with Crippen molar-refractivity contribution in [2.75, 3.05) is 0 Å². The van der Waals surface area contributed by atoms with Crippen molar-refractivity contribution in [2.45, 2.75) is 19.4 Å². The maximum atomic E-state index is 13.1. The highest BCUT2D eigenvalue weighted by atomic mass is 79.9. The van der Waals surface area contributed by atoms with Crippen molar-refractivity contribution in [1.29, 1.82) is 0 Å². The van der Waals surface area contributed by atoms with Crippen LogP contribution in [0.2, 0.25) is 0 Å². The standard InChI is InChI=1S/C12H11BrFNOS/c1-7-6-17-12(15-7)5-11(16)8-2-3-10(14)9(13)4-8/h2-4,6,11,16H,5H2,1H3. The third-order valence-electron chi connectivity index (χ3n) is 2.36. The Hall–Kier alpha value is -0.780. The molecular formula is C12H11BrFNOS. The van der Waals surface area contributed by atoms with Gasteiger partial charge in [-0.3, -0.25) is 0 Å². The molecule has 2 rings (SSSR count). The zero-order valence-corrected chi connectivity index (χ0v) is 11.6. The number of aromatic nitrogens is 1. The summed E-state index contributed by atoms with van der Waals surface area (Å²) in [5, 5.41) is 12.9. The smallest absolute Gasteiger partial charge is 0.137 e. The molecule has 0 amide bonds. The van der Waals surface area contributed by atoms with E-state index in [0.29, 0.717) is 16.5 Å². The topological polar surface area (TPSA) is 33.1 Å². The molecule has 1 heterocycles. The van der Waals surface area contributed by atoms with Crippen LogP contribution < -0.4 is 0 Å². The fourth-order valence-corrected chi connectivity index (χ4v) is 2.71. The summed E-state index contributed by atoms with van der Waals surface area (Å²) in [7, 11) is 0. The lowest BCUT2D eigenvalue weighted by Gasteiger charge is -2.09. The maximum Gasteiger partial charge on any atom is 0.137 e. The number of nitrogens with zero attached hydrogens (tertiary/aromatic N) is 1. The Morgan fingerprint density at radius 2 is 2.29 bits per heavy atom. The van der Waals surface area contributed by atoms with Crippen molar-refractivity contribution in [1.82, 2.24) is 4.98 Å². The first-order valence-corrected chi connectivity index (χ1v) is 6.77. The molecule has 0 aliphatic carbocycles. The Morgan fingerprint density at radius 3 is 2.88 bits per heavy atom. The average Bonchev–Trinajstić information content (AvgIpc) is 2.68. The van der Waals surface area contributed by atoms with Gasteiger partial charge in [-0.05, 0) is 40.5 Å². The van der Waals surface area contributed by atoms with Gasteiger partial charge in [0.25, 0.3) is 0 Å². The summed E-state index contributed by atoms with van der Waals surface area (Å²) in [6, 6.07) is 4.53. The van der Waals surface area contributed by atoms with Gasteiger partial charge in [0.2, 0.25) is 0 Å². The first-order valence-electron chi connectivity index (χ1n) is 5.10. The number of hydrogen-bond acceptors (Lipinski definition) is 3. The highest BCUT2D eigenvalue weighted by Gasteiger charge is 2.12. The molecule has 0 radical (unpaired) electrons. The van der Waals surface area contributed by atoms with E-state index in [1.165, 1.54) is 17.4 Å². The van der Waals surface area contributed by atoms with E-state index in [-0.39, 0.29) is 5.82 Å². The summed E-state index contributed by atoms with van der Waals surface area (Å²) < 4.78 is 13.4. The first kappa shape index (κ1) is 12.7. The van der Waals surface area contributed by atoms with E-state index in [0.717, 1.165) is 10.7 Å². The van der Waals surface area contributed by atoms with Crippen LogP contribution in [-0.4, -0.2) is 10.1 Å². The zero-order chi connectivity index (χ0) is 12.4. The van der Waals surface area contributed by atoms with Crippen LogP contribution in [0.3, 0.4) is 0 Å². The van der Waals surface area contributed by atoms with Crippen molar-refractivity contribution >= 4 is 27.3 Å². The van der Waals surface area contributed by atoms with E-state index < -0.39 is 6.10 Å². The van der Waals surface area contributed by atoms with Crippen LogP contribution in [-0.2, 0) is 6.42 Å². The fourth-order valence-electron chi connectivity index (χ4n) is 1.50. The molecule has 5 heteroatoms. The number of halogens is 2. The predicted molar refractivity (Wildman–Crippen MR) is 69.6 cm³/mol. The Kier molecular flexibility index (Phi) is 3.91. The number of thiazole rings is 1. The lowest BCUT2D eigenvalue weighted by Crippen LogP contribution is -2.02. The molecule has 1 N–H and O–H groups in total. The van der Waals surface area contributed by atoms with Gasteiger partial charge in [0.15, 0.2) is 0 Å². The van der Waals surface area contributed by atoms with E-state index >= 15 is 0 Å². The summed E-state index contributed by atoms with van der Waals surface area (Å²) in [6.07, 6.45) is -0.200. The molecule has 0 saturated heterocycles. The molecule has 0 spiro atoms. The molecule has 90 valence electrons. The molecule has 1 unspecified atom stereocenters. The zero-order valence-electron chi connectivity index (χ0n) is 9.15. The van der Waals surface area contributed by atoms with E-state index in [9.17, 15) is 9.50 Å². The van der Waals surface area contributed by atoms with Gasteiger partial charge in [-0.1, -0.05) is 6.07 Å². The number of aliphatic hydroxyl groups is 1. The van der Waals surface area contributed by atoms with Crippen LogP contribution in [0.5, 0.6) is 0 Å². The highest BCUT2D eigenvalue weighted by Crippen LogP contribution is 2.24. The first-order chi connectivity index (χ1) is 8.06.